The van der Waals surface area contributed by atoms with Gasteiger partial charge in [-0.2, -0.15) is 5.10 Å². The van der Waals surface area contributed by atoms with E-state index in [0.29, 0.717) is 23.7 Å². The fourth-order valence-corrected chi connectivity index (χ4v) is 3.43. The molecule has 3 heterocycles. The standard InChI is InChI=1S/C18H15ClFN3O/c1-11-16-8-14(20)4-2-12(16)6-7-22(11)18(24)17-9-15-5-3-13(19)10-23(15)21-17/h2-5,8-11H,6-7H2,1H3. The second-order valence-electron chi connectivity index (χ2n) is 6.01. The third-order valence-corrected chi connectivity index (χ3v) is 4.77. The van der Waals surface area contributed by atoms with Crippen LogP contribution in [0.15, 0.2) is 42.6 Å². The maximum atomic E-state index is 13.6. The molecule has 0 spiro atoms. The lowest BCUT2D eigenvalue weighted by molar-refractivity contribution is 0.0671. The van der Waals surface area contributed by atoms with E-state index in [2.05, 4.69) is 5.10 Å². The number of hydrogen-bond acceptors (Lipinski definition) is 2. The number of benzene rings is 1. The number of hydrogen-bond donors (Lipinski definition) is 0. The van der Waals surface area contributed by atoms with Gasteiger partial charge in [-0.3, -0.25) is 4.79 Å². The number of carbonyl (C=O) groups is 1. The Morgan fingerprint density at radius 1 is 1.29 bits per heavy atom. The van der Waals surface area contributed by atoms with Crippen molar-refractivity contribution < 1.29 is 9.18 Å². The maximum absolute atomic E-state index is 13.6. The number of amides is 1. The molecular formula is C18H15ClFN3O. The number of rotatable bonds is 1. The summed E-state index contributed by atoms with van der Waals surface area (Å²) < 4.78 is 15.2. The van der Waals surface area contributed by atoms with Crippen molar-refractivity contribution in [3.05, 3.63) is 70.3 Å². The Kier molecular flexibility index (Phi) is 3.53. The zero-order chi connectivity index (χ0) is 16.8. The van der Waals surface area contributed by atoms with Crippen molar-refractivity contribution in [2.75, 3.05) is 6.54 Å². The van der Waals surface area contributed by atoms with Crippen LogP contribution in [0.2, 0.25) is 5.02 Å². The molecule has 0 N–H and O–H groups in total. The number of nitrogens with zero attached hydrogens (tertiary/aromatic N) is 3. The van der Waals surface area contributed by atoms with Crippen LogP contribution in [0, 0.1) is 5.82 Å². The highest BCUT2D eigenvalue weighted by molar-refractivity contribution is 6.30. The van der Waals surface area contributed by atoms with E-state index in [1.165, 1.54) is 12.1 Å². The smallest absolute Gasteiger partial charge is 0.274 e. The molecule has 6 heteroatoms. The van der Waals surface area contributed by atoms with Crippen molar-refractivity contribution in [3.8, 4) is 0 Å². The minimum atomic E-state index is -0.280. The summed E-state index contributed by atoms with van der Waals surface area (Å²) in [7, 11) is 0. The molecule has 24 heavy (non-hydrogen) atoms. The molecule has 1 unspecified atom stereocenters. The monoisotopic (exact) mass is 343 g/mol. The Morgan fingerprint density at radius 2 is 2.12 bits per heavy atom. The van der Waals surface area contributed by atoms with Crippen LogP contribution in [0.3, 0.4) is 0 Å². The Labute approximate surface area is 143 Å². The lowest BCUT2D eigenvalue weighted by Gasteiger charge is -2.34. The van der Waals surface area contributed by atoms with Crippen LogP contribution in [-0.4, -0.2) is 27.0 Å². The predicted molar refractivity (Wildman–Crippen MR) is 89.8 cm³/mol. The van der Waals surface area contributed by atoms with Crippen molar-refractivity contribution in [2.24, 2.45) is 0 Å². The second-order valence-corrected chi connectivity index (χ2v) is 6.45. The number of aromatic nitrogens is 2. The number of fused-ring (bicyclic) bond motifs is 2. The van der Waals surface area contributed by atoms with Crippen LogP contribution in [0.5, 0.6) is 0 Å². The van der Waals surface area contributed by atoms with E-state index in [9.17, 15) is 9.18 Å². The molecule has 1 aliphatic heterocycles. The molecule has 4 nitrogen and oxygen atoms in total. The van der Waals surface area contributed by atoms with Crippen molar-refractivity contribution in [1.82, 2.24) is 14.5 Å². The van der Waals surface area contributed by atoms with Gasteiger partial charge >= 0.3 is 0 Å². The third kappa shape index (κ3) is 2.45. The summed E-state index contributed by atoms with van der Waals surface area (Å²) in [5.41, 5.74) is 3.12. The lowest BCUT2D eigenvalue weighted by Crippen LogP contribution is -2.39. The van der Waals surface area contributed by atoms with E-state index >= 15 is 0 Å². The summed E-state index contributed by atoms with van der Waals surface area (Å²) in [5, 5.41) is 4.88. The second kappa shape index (κ2) is 5.60. The minimum Gasteiger partial charge on any atom is -0.330 e. The molecule has 0 bridgehead atoms. The summed E-state index contributed by atoms with van der Waals surface area (Å²) in [6.45, 7) is 2.51. The molecule has 3 aromatic rings. The number of pyridine rings is 1. The first-order chi connectivity index (χ1) is 11.5. The number of halogens is 2. The average Bonchev–Trinajstić information content (AvgIpc) is 2.98. The van der Waals surface area contributed by atoms with E-state index in [0.717, 1.165) is 16.6 Å². The first kappa shape index (κ1) is 15.1. The Morgan fingerprint density at radius 3 is 2.96 bits per heavy atom. The van der Waals surface area contributed by atoms with Gasteiger partial charge in [0.25, 0.3) is 5.91 Å². The van der Waals surface area contributed by atoms with E-state index < -0.39 is 0 Å². The lowest BCUT2D eigenvalue weighted by atomic mass is 9.93. The fourth-order valence-electron chi connectivity index (χ4n) is 3.28. The minimum absolute atomic E-state index is 0.155. The van der Waals surface area contributed by atoms with Gasteiger partial charge in [-0.1, -0.05) is 17.7 Å². The largest absolute Gasteiger partial charge is 0.330 e. The molecule has 0 saturated heterocycles. The van der Waals surface area contributed by atoms with Gasteiger partial charge in [-0.05, 0) is 54.8 Å². The topological polar surface area (TPSA) is 37.6 Å². The summed E-state index contributed by atoms with van der Waals surface area (Å²) >= 11 is 5.96. The normalized spacial score (nSPS) is 17.1. The Hall–Kier alpha value is -2.40. The third-order valence-electron chi connectivity index (χ3n) is 4.55. The highest BCUT2D eigenvalue weighted by Gasteiger charge is 2.29. The molecular weight excluding hydrogens is 329 g/mol. The molecule has 0 fully saturated rings. The van der Waals surface area contributed by atoms with Gasteiger partial charge in [0.2, 0.25) is 0 Å². The SMILES string of the molecule is CC1c2cc(F)ccc2CCN1C(=O)c1cc2ccc(Cl)cn2n1. The summed E-state index contributed by atoms with van der Waals surface area (Å²) in [4.78, 5) is 14.6. The maximum Gasteiger partial charge on any atom is 0.274 e. The average molecular weight is 344 g/mol. The van der Waals surface area contributed by atoms with Crippen LogP contribution in [0.1, 0.15) is 34.6 Å². The molecule has 122 valence electrons. The zero-order valence-electron chi connectivity index (χ0n) is 13.0. The fraction of sp³-hybridized carbons (Fsp3) is 0.222. The molecule has 4 rings (SSSR count). The first-order valence-electron chi connectivity index (χ1n) is 7.77. The van der Waals surface area contributed by atoms with E-state index in [-0.39, 0.29) is 17.8 Å². The predicted octanol–water partition coefficient (Wildman–Crippen LogP) is 3.89. The van der Waals surface area contributed by atoms with Gasteiger partial charge in [0.1, 0.15) is 5.82 Å². The quantitative estimate of drug-likeness (QED) is 0.672. The van der Waals surface area contributed by atoms with Crippen LogP contribution < -0.4 is 0 Å². The highest BCUT2D eigenvalue weighted by Crippen LogP contribution is 2.31. The van der Waals surface area contributed by atoms with Crippen molar-refractivity contribution in [2.45, 2.75) is 19.4 Å². The van der Waals surface area contributed by atoms with Crippen LogP contribution in [-0.2, 0) is 6.42 Å². The molecule has 0 saturated carbocycles. The van der Waals surface area contributed by atoms with Gasteiger partial charge in [-0.15, -0.1) is 0 Å². The molecule has 1 aromatic carbocycles. The number of carbonyl (C=O) groups excluding carboxylic acids is 1. The molecule has 1 aliphatic rings. The Bertz CT molecular complexity index is 953. The van der Waals surface area contributed by atoms with Gasteiger partial charge < -0.3 is 4.90 Å². The molecule has 0 aliphatic carbocycles. The van der Waals surface area contributed by atoms with Gasteiger partial charge in [0.15, 0.2) is 5.69 Å². The van der Waals surface area contributed by atoms with Gasteiger partial charge in [0, 0.05) is 12.7 Å². The summed E-state index contributed by atoms with van der Waals surface area (Å²) in [5.74, 6) is -0.436. The van der Waals surface area contributed by atoms with Crippen molar-refractivity contribution >= 4 is 23.0 Å². The van der Waals surface area contributed by atoms with Crippen LogP contribution in [0.4, 0.5) is 4.39 Å². The molecule has 2 aromatic heterocycles. The van der Waals surface area contributed by atoms with Gasteiger partial charge in [0.05, 0.1) is 16.6 Å². The molecule has 0 radical (unpaired) electrons. The first-order valence-corrected chi connectivity index (χ1v) is 8.15. The van der Waals surface area contributed by atoms with Gasteiger partial charge in [-0.25, -0.2) is 8.91 Å². The van der Waals surface area contributed by atoms with Crippen molar-refractivity contribution in [1.29, 1.82) is 0 Å². The summed E-state index contributed by atoms with van der Waals surface area (Å²) in [6.07, 6.45) is 2.38. The van der Waals surface area contributed by atoms with E-state index in [1.807, 2.05) is 13.0 Å². The summed E-state index contributed by atoms with van der Waals surface area (Å²) in [6, 6.07) is 9.91. The zero-order valence-corrected chi connectivity index (χ0v) is 13.8. The van der Waals surface area contributed by atoms with E-state index in [1.54, 1.807) is 33.8 Å². The molecule has 1 atom stereocenters. The Balaban J connectivity index is 1.68. The van der Waals surface area contributed by atoms with Crippen molar-refractivity contribution in [3.63, 3.8) is 0 Å². The highest BCUT2D eigenvalue weighted by atomic mass is 35.5. The van der Waals surface area contributed by atoms with Crippen LogP contribution >= 0.6 is 11.6 Å². The molecule has 1 amide bonds. The van der Waals surface area contributed by atoms with Crippen LogP contribution in [0.25, 0.3) is 5.52 Å². The van der Waals surface area contributed by atoms with E-state index in [4.69, 9.17) is 11.6 Å².